The van der Waals surface area contributed by atoms with E-state index in [9.17, 15) is 0 Å². The number of anilines is 6. The monoisotopic (exact) mass is 794 g/mol. The number of benzene rings is 10. The van der Waals surface area contributed by atoms with E-state index in [1.807, 2.05) is 0 Å². The van der Waals surface area contributed by atoms with Crippen LogP contribution in [0.4, 0.5) is 34.1 Å². The predicted octanol–water partition coefficient (Wildman–Crippen LogP) is 16.9. The molecule has 0 bridgehead atoms. The van der Waals surface area contributed by atoms with Gasteiger partial charge in [0.15, 0.2) is 0 Å². The maximum absolute atomic E-state index is 2.46. The number of hydrogen-bond donors (Lipinski definition) is 0. The molecular formula is C60H46N2. The van der Waals surface area contributed by atoms with Crippen LogP contribution in [-0.2, 0) is 5.41 Å². The molecule has 2 nitrogen and oxygen atoms in total. The second kappa shape index (κ2) is 15.1. The van der Waals surface area contributed by atoms with Crippen LogP contribution in [0.3, 0.4) is 0 Å². The van der Waals surface area contributed by atoms with Gasteiger partial charge in [-0.25, -0.2) is 0 Å². The third-order valence-corrected chi connectivity index (χ3v) is 12.9. The second-order valence-corrected chi connectivity index (χ2v) is 17.1. The Bertz CT molecular complexity index is 3160. The molecular weight excluding hydrogens is 749 g/mol. The van der Waals surface area contributed by atoms with Crippen molar-refractivity contribution >= 4 is 55.7 Å². The lowest BCUT2D eigenvalue weighted by molar-refractivity contribution is 0.660. The summed E-state index contributed by atoms with van der Waals surface area (Å²) < 4.78 is 0. The van der Waals surface area contributed by atoms with E-state index in [2.05, 4.69) is 255 Å². The summed E-state index contributed by atoms with van der Waals surface area (Å²) in [5.74, 6) is 0. The van der Waals surface area contributed by atoms with E-state index >= 15 is 0 Å². The third-order valence-electron chi connectivity index (χ3n) is 12.9. The summed E-state index contributed by atoms with van der Waals surface area (Å²) in [6.07, 6.45) is 0. The first-order valence-electron chi connectivity index (χ1n) is 21.6. The standard InChI is InChI=1S/C60H46N2/c1-41-22-28-49(29-23-41)62(59-38-46-18-10-11-19-52(46)53-20-12-13-21-56(53)59)51-35-37-55-54-36-34-50(39-57(54)60(2,3)58(55)40-51)61(47-30-24-44(25-31-47)42-14-6-4-7-15-42)48-32-26-45(27-33-48)43-16-8-5-9-17-43/h4-40H,1-3H3. The van der Waals surface area contributed by atoms with Crippen molar-refractivity contribution in [3.63, 3.8) is 0 Å². The van der Waals surface area contributed by atoms with Crippen LogP contribution >= 0.6 is 0 Å². The van der Waals surface area contributed by atoms with Gasteiger partial charge in [-0.2, -0.15) is 0 Å². The molecule has 0 radical (unpaired) electrons. The van der Waals surface area contributed by atoms with E-state index in [4.69, 9.17) is 0 Å². The molecule has 0 saturated heterocycles. The zero-order chi connectivity index (χ0) is 41.8. The van der Waals surface area contributed by atoms with Gasteiger partial charge >= 0.3 is 0 Å². The lowest BCUT2D eigenvalue weighted by atomic mass is 9.82. The van der Waals surface area contributed by atoms with Gasteiger partial charge in [0.05, 0.1) is 5.69 Å². The highest BCUT2D eigenvalue weighted by Crippen LogP contribution is 2.53. The van der Waals surface area contributed by atoms with Crippen molar-refractivity contribution in [3.05, 3.63) is 241 Å². The molecule has 10 aromatic rings. The van der Waals surface area contributed by atoms with Gasteiger partial charge < -0.3 is 9.80 Å². The van der Waals surface area contributed by atoms with E-state index in [1.165, 1.54) is 77.3 Å². The molecule has 1 aliphatic carbocycles. The van der Waals surface area contributed by atoms with Crippen molar-refractivity contribution in [3.8, 4) is 33.4 Å². The van der Waals surface area contributed by atoms with Crippen molar-refractivity contribution in [1.29, 1.82) is 0 Å². The molecule has 0 atom stereocenters. The minimum absolute atomic E-state index is 0.263. The van der Waals surface area contributed by atoms with Crippen molar-refractivity contribution in [2.24, 2.45) is 0 Å². The molecule has 0 amide bonds. The third kappa shape index (κ3) is 6.44. The Morgan fingerprint density at radius 1 is 0.323 bits per heavy atom. The van der Waals surface area contributed by atoms with Crippen LogP contribution in [0.15, 0.2) is 224 Å². The number of aryl methyl sites for hydroxylation is 1. The Morgan fingerprint density at radius 2 is 0.726 bits per heavy atom. The number of hydrogen-bond acceptors (Lipinski definition) is 2. The lowest BCUT2D eigenvalue weighted by Gasteiger charge is -2.30. The molecule has 11 rings (SSSR count). The molecule has 0 spiro atoms. The molecule has 2 heteroatoms. The summed E-state index contributed by atoms with van der Waals surface area (Å²) in [6.45, 7) is 6.94. The van der Waals surface area contributed by atoms with Crippen molar-refractivity contribution in [2.75, 3.05) is 9.80 Å². The van der Waals surface area contributed by atoms with Gasteiger partial charge in [-0.05, 0) is 134 Å². The zero-order valence-electron chi connectivity index (χ0n) is 35.3. The van der Waals surface area contributed by atoms with Crippen LogP contribution in [0, 0.1) is 6.92 Å². The fourth-order valence-corrected chi connectivity index (χ4v) is 9.65. The van der Waals surface area contributed by atoms with E-state index in [-0.39, 0.29) is 5.41 Å². The van der Waals surface area contributed by atoms with Gasteiger partial charge in [-0.15, -0.1) is 0 Å². The van der Waals surface area contributed by atoms with Crippen molar-refractivity contribution < 1.29 is 0 Å². The van der Waals surface area contributed by atoms with E-state index in [0.717, 1.165) is 28.4 Å². The first-order chi connectivity index (χ1) is 30.4. The average molecular weight is 795 g/mol. The first-order valence-corrected chi connectivity index (χ1v) is 21.6. The minimum Gasteiger partial charge on any atom is -0.310 e. The predicted molar refractivity (Wildman–Crippen MR) is 264 cm³/mol. The van der Waals surface area contributed by atoms with Gasteiger partial charge in [0.2, 0.25) is 0 Å². The second-order valence-electron chi connectivity index (χ2n) is 17.1. The lowest BCUT2D eigenvalue weighted by Crippen LogP contribution is -2.17. The molecule has 0 unspecified atom stereocenters. The van der Waals surface area contributed by atoms with Crippen LogP contribution in [0.2, 0.25) is 0 Å². The van der Waals surface area contributed by atoms with E-state index < -0.39 is 0 Å². The summed E-state index contributed by atoms with van der Waals surface area (Å²) in [5.41, 5.74) is 17.9. The smallest absolute Gasteiger partial charge is 0.0546 e. The summed E-state index contributed by atoms with van der Waals surface area (Å²) in [6, 6.07) is 82.3. The Labute approximate surface area is 364 Å². The molecule has 0 fully saturated rings. The zero-order valence-corrected chi connectivity index (χ0v) is 35.3. The average Bonchev–Trinajstić information content (AvgIpc) is 3.55. The summed E-state index contributed by atoms with van der Waals surface area (Å²) >= 11 is 0. The molecule has 0 N–H and O–H groups in total. The maximum Gasteiger partial charge on any atom is 0.0546 e. The molecule has 0 saturated carbocycles. The highest BCUT2D eigenvalue weighted by molar-refractivity contribution is 6.14. The van der Waals surface area contributed by atoms with Crippen LogP contribution in [-0.4, -0.2) is 0 Å². The Hall–Kier alpha value is -7.68. The molecule has 0 aliphatic heterocycles. The number of nitrogens with zero attached hydrogens (tertiary/aromatic N) is 2. The van der Waals surface area contributed by atoms with E-state index in [0.29, 0.717) is 0 Å². The van der Waals surface area contributed by atoms with Gasteiger partial charge in [0, 0.05) is 39.2 Å². The van der Waals surface area contributed by atoms with Gasteiger partial charge in [0.25, 0.3) is 0 Å². The highest BCUT2D eigenvalue weighted by Gasteiger charge is 2.37. The molecule has 0 heterocycles. The topological polar surface area (TPSA) is 6.48 Å². The van der Waals surface area contributed by atoms with Gasteiger partial charge in [-0.3, -0.25) is 0 Å². The van der Waals surface area contributed by atoms with Gasteiger partial charge in [-0.1, -0.05) is 177 Å². The van der Waals surface area contributed by atoms with Crippen LogP contribution in [0.5, 0.6) is 0 Å². The number of fused-ring (bicyclic) bond motifs is 6. The van der Waals surface area contributed by atoms with Crippen molar-refractivity contribution in [2.45, 2.75) is 26.2 Å². The minimum atomic E-state index is -0.263. The first kappa shape index (κ1) is 37.3. The fraction of sp³-hybridized carbons (Fsp3) is 0.0667. The Morgan fingerprint density at radius 3 is 1.27 bits per heavy atom. The normalized spacial score (nSPS) is 12.6. The van der Waals surface area contributed by atoms with Crippen LogP contribution in [0.25, 0.3) is 54.9 Å². The number of rotatable bonds is 8. The van der Waals surface area contributed by atoms with Crippen LogP contribution in [0.1, 0.15) is 30.5 Å². The fourth-order valence-electron chi connectivity index (χ4n) is 9.65. The Kier molecular flexibility index (Phi) is 9.09. The largest absolute Gasteiger partial charge is 0.310 e. The summed E-state index contributed by atoms with van der Waals surface area (Å²) in [5, 5.41) is 4.99. The molecule has 0 aromatic heterocycles. The quantitative estimate of drug-likeness (QED) is 0.141. The molecule has 10 aromatic carbocycles. The molecule has 296 valence electrons. The van der Waals surface area contributed by atoms with Gasteiger partial charge in [0.1, 0.15) is 0 Å². The molecule has 1 aliphatic rings. The maximum atomic E-state index is 2.46. The summed E-state index contributed by atoms with van der Waals surface area (Å²) in [7, 11) is 0. The van der Waals surface area contributed by atoms with Crippen LogP contribution < -0.4 is 9.80 Å². The SMILES string of the molecule is Cc1ccc(N(c2ccc3c(c2)C(C)(C)c2cc(N(c4ccc(-c5ccccc5)cc4)c4ccc(-c5ccccc5)cc4)ccc2-3)c2cc3ccccc3c3ccccc23)cc1. The molecule has 62 heavy (non-hydrogen) atoms. The summed E-state index contributed by atoms with van der Waals surface area (Å²) in [4.78, 5) is 4.86. The van der Waals surface area contributed by atoms with E-state index in [1.54, 1.807) is 0 Å². The highest BCUT2D eigenvalue weighted by atomic mass is 15.1. The Balaban J connectivity index is 1.02. The van der Waals surface area contributed by atoms with Crippen molar-refractivity contribution in [1.82, 2.24) is 0 Å².